The summed E-state index contributed by atoms with van der Waals surface area (Å²) in [5, 5.41) is 0.539. The van der Waals surface area contributed by atoms with Gasteiger partial charge < -0.3 is 19.8 Å². The van der Waals surface area contributed by atoms with E-state index in [1.54, 1.807) is 11.5 Å². The Hall–Kier alpha value is -2.61. The number of hydrogen-bond acceptors (Lipinski definition) is 6. The maximum absolute atomic E-state index is 15.0. The Kier molecular flexibility index (Phi) is 4.30. The van der Waals surface area contributed by atoms with Crippen LogP contribution in [0.3, 0.4) is 0 Å². The van der Waals surface area contributed by atoms with E-state index in [-0.39, 0.29) is 22.9 Å². The first-order valence-electron chi connectivity index (χ1n) is 9.19. The average Bonchev–Trinajstić information content (AvgIpc) is 3.31. The van der Waals surface area contributed by atoms with Crippen LogP contribution in [0.4, 0.5) is 10.1 Å². The molecule has 2 N–H and O–H groups in total. The van der Waals surface area contributed by atoms with Crippen molar-refractivity contribution in [1.29, 1.82) is 0 Å². The van der Waals surface area contributed by atoms with Gasteiger partial charge in [0.1, 0.15) is 17.8 Å². The summed E-state index contributed by atoms with van der Waals surface area (Å²) in [7, 11) is 1.50. The van der Waals surface area contributed by atoms with Crippen LogP contribution in [0.2, 0.25) is 0 Å². The first-order chi connectivity index (χ1) is 13.1. The van der Waals surface area contributed by atoms with Crippen LogP contribution in [0.25, 0.3) is 22.0 Å². The molecule has 2 aliphatic rings. The molecule has 2 aliphatic heterocycles. The largest absolute Gasteiger partial charge is 0.487 e. The molecule has 144 valence electrons. The predicted molar refractivity (Wildman–Crippen MR) is 102 cm³/mol. The first-order valence-corrected chi connectivity index (χ1v) is 9.19. The van der Waals surface area contributed by atoms with Crippen molar-refractivity contribution in [2.24, 2.45) is 5.73 Å². The van der Waals surface area contributed by atoms with Crippen LogP contribution >= 0.6 is 0 Å². The minimum Gasteiger partial charge on any atom is -0.487 e. The molecule has 0 spiro atoms. The molecule has 4 heterocycles. The third-order valence-corrected chi connectivity index (χ3v) is 5.16. The van der Waals surface area contributed by atoms with Gasteiger partial charge in [0.2, 0.25) is 0 Å². The highest BCUT2D eigenvalue weighted by Crippen LogP contribution is 2.44. The van der Waals surface area contributed by atoms with Crippen LogP contribution in [0.1, 0.15) is 31.7 Å². The Labute approximate surface area is 155 Å². The normalized spacial score (nSPS) is 18.6. The molecular weight excluding hydrogens is 351 g/mol. The molecule has 5 rings (SSSR count). The minimum atomic E-state index is -0.348. The smallest absolute Gasteiger partial charge is 0.281 e. The topological polar surface area (TPSA) is 86.5 Å². The van der Waals surface area contributed by atoms with E-state index in [4.69, 9.17) is 9.15 Å². The molecule has 1 aromatic carbocycles. The van der Waals surface area contributed by atoms with Gasteiger partial charge in [0, 0.05) is 20.0 Å². The fourth-order valence-corrected chi connectivity index (χ4v) is 4.06. The van der Waals surface area contributed by atoms with Gasteiger partial charge in [-0.25, -0.2) is 9.37 Å². The van der Waals surface area contributed by atoms with Crippen LogP contribution in [0, 0.1) is 12.7 Å². The molecular formula is C19H23FN4O3. The lowest BCUT2D eigenvalue weighted by Crippen LogP contribution is -2.32. The molecule has 1 fully saturated rings. The van der Waals surface area contributed by atoms with E-state index in [0.717, 1.165) is 25.9 Å². The number of nitrogens with zero attached hydrogens (tertiary/aromatic N) is 3. The summed E-state index contributed by atoms with van der Waals surface area (Å²) in [6.07, 6.45) is 2.06. The molecule has 0 aliphatic carbocycles. The molecule has 1 saturated heterocycles. The summed E-state index contributed by atoms with van der Waals surface area (Å²) in [6, 6.07) is 1.30. The molecule has 27 heavy (non-hydrogen) atoms. The Morgan fingerprint density at radius 1 is 1.30 bits per heavy atom. The second-order valence-electron chi connectivity index (χ2n) is 6.87. The zero-order valence-electron chi connectivity index (χ0n) is 15.7. The standard InChI is InChI=1S/C18H18FN3O3.CH5N/c1-9-8-24-17-14-11(7-12(19)15(17)21-5-3-4-6-21)16-13(18(23)22(9)14)20-10(2)25-16;1-2/h7,9H,3-6,8H2,1-2H3;2H2,1H3/t9-;/m0./s1. The number of rotatable bonds is 1. The summed E-state index contributed by atoms with van der Waals surface area (Å²) >= 11 is 0. The van der Waals surface area contributed by atoms with Crippen molar-refractivity contribution in [3.8, 4) is 5.75 Å². The molecule has 0 saturated carbocycles. The third kappa shape index (κ3) is 2.50. The van der Waals surface area contributed by atoms with E-state index in [1.807, 2.05) is 11.8 Å². The van der Waals surface area contributed by atoms with Crippen molar-refractivity contribution in [2.75, 3.05) is 31.6 Å². The molecule has 3 aromatic rings. The molecule has 1 atom stereocenters. The van der Waals surface area contributed by atoms with Crippen LogP contribution in [0.15, 0.2) is 15.3 Å². The minimum absolute atomic E-state index is 0.152. The molecule has 0 amide bonds. The van der Waals surface area contributed by atoms with Gasteiger partial charge in [0.05, 0.1) is 11.4 Å². The zero-order chi connectivity index (χ0) is 19.3. The van der Waals surface area contributed by atoms with E-state index in [1.165, 1.54) is 13.1 Å². The van der Waals surface area contributed by atoms with Crippen molar-refractivity contribution >= 4 is 27.7 Å². The number of halogens is 1. The summed E-state index contributed by atoms with van der Waals surface area (Å²) in [4.78, 5) is 19.2. The summed E-state index contributed by atoms with van der Waals surface area (Å²) in [5.41, 5.74) is 5.93. The maximum atomic E-state index is 15.0. The number of aromatic nitrogens is 2. The van der Waals surface area contributed by atoms with Crippen molar-refractivity contribution in [3.63, 3.8) is 0 Å². The van der Waals surface area contributed by atoms with Gasteiger partial charge in [0.25, 0.3) is 5.56 Å². The van der Waals surface area contributed by atoms with Gasteiger partial charge in [-0.3, -0.25) is 9.36 Å². The van der Waals surface area contributed by atoms with Crippen molar-refractivity contribution < 1.29 is 13.5 Å². The van der Waals surface area contributed by atoms with Gasteiger partial charge in [-0.2, -0.15) is 0 Å². The highest BCUT2D eigenvalue weighted by atomic mass is 19.1. The zero-order valence-corrected chi connectivity index (χ0v) is 15.7. The second kappa shape index (κ2) is 6.53. The number of anilines is 1. The van der Waals surface area contributed by atoms with E-state index in [0.29, 0.717) is 40.4 Å². The van der Waals surface area contributed by atoms with Gasteiger partial charge in [-0.1, -0.05) is 0 Å². The second-order valence-corrected chi connectivity index (χ2v) is 6.87. The number of hydrogen-bond donors (Lipinski definition) is 1. The Balaban J connectivity index is 0.000000872. The van der Waals surface area contributed by atoms with E-state index < -0.39 is 0 Å². The van der Waals surface area contributed by atoms with Crippen LogP contribution in [0.5, 0.6) is 5.75 Å². The Bertz CT molecular complexity index is 1080. The van der Waals surface area contributed by atoms with Gasteiger partial charge in [-0.15, -0.1) is 0 Å². The van der Waals surface area contributed by atoms with E-state index in [9.17, 15) is 4.79 Å². The molecule has 7 nitrogen and oxygen atoms in total. The fourth-order valence-electron chi connectivity index (χ4n) is 4.06. The number of oxazole rings is 1. The van der Waals surface area contributed by atoms with E-state index >= 15 is 4.39 Å². The van der Waals surface area contributed by atoms with Gasteiger partial charge in [-0.05, 0) is 32.9 Å². The average molecular weight is 374 g/mol. The Morgan fingerprint density at radius 2 is 2.00 bits per heavy atom. The number of nitrogens with two attached hydrogens (primary N) is 1. The van der Waals surface area contributed by atoms with Gasteiger partial charge >= 0.3 is 0 Å². The molecule has 0 radical (unpaired) electrons. The quantitative estimate of drug-likeness (QED) is 0.705. The summed E-state index contributed by atoms with van der Waals surface area (Å²) in [6.45, 7) is 5.52. The fraction of sp³-hybridized carbons (Fsp3) is 0.474. The lowest BCUT2D eigenvalue weighted by Gasteiger charge is -2.30. The first kappa shape index (κ1) is 17.8. The lowest BCUT2D eigenvalue weighted by atomic mass is 10.1. The molecule has 8 heteroatoms. The molecule has 0 unspecified atom stereocenters. The van der Waals surface area contributed by atoms with Gasteiger partial charge in [0.15, 0.2) is 28.6 Å². The number of ether oxygens (including phenoxy) is 1. The van der Waals surface area contributed by atoms with Crippen LogP contribution < -0.4 is 20.9 Å². The highest BCUT2D eigenvalue weighted by molar-refractivity contribution is 6.05. The van der Waals surface area contributed by atoms with Crippen molar-refractivity contribution in [3.05, 3.63) is 28.1 Å². The lowest BCUT2D eigenvalue weighted by molar-refractivity contribution is 0.245. The summed E-state index contributed by atoms with van der Waals surface area (Å²) in [5.74, 6) is 0.493. The number of pyridine rings is 1. The number of aryl methyl sites for hydroxylation is 1. The number of benzene rings is 1. The highest BCUT2D eigenvalue weighted by Gasteiger charge is 2.32. The van der Waals surface area contributed by atoms with Crippen molar-refractivity contribution in [2.45, 2.75) is 32.7 Å². The van der Waals surface area contributed by atoms with Crippen molar-refractivity contribution in [1.82, 2.24) is 9.55 Å². The Morgan fingerprint density at radius 3 is 2.70 bits per heavy atom. The van der Waals surface area contributed by atoms with Crippen LogP contribution in [-0.4, -0.2) is 36.3 Å². The summed E-state index contributed by atoms with van der Waals surface area (Å²) < 4.78 is 28.3. The molecule has 2 aromatic heterocycles. The third-order valence-electron chi connectivity index (χ3n) is 5.16. The molecule has 0 bridgehead atoms. The predicted octanol–water partition coefficient (Wildman–Crippen LogP) is 2.72. The SMILES string of the molecule is CN.Cc1nc2c(=O)n3c4c(c(N5CCCC5)c(F)cc4c2o1)OC[C@@H]3C. The monoisotopic (exact) mass is 374 g/mol. The number of fused-ring (bicyclic) bond motifs is 2. The maximum Gasteiger partial charge on any atom is 0.281 e. The van der Waals surface area contributed by atoms with E-state index in [2.05, 4.69) is 10.7 Å². The van der Waals surface area contributed by atoms with Crippen LogP contribution in [-0.2, 0) is 0 Å².